The molecule has 0 unspecified atom stereocenters. The second-order valence-corrected chi connectivity index (χ2v) is 6.43. The molecule has 4 rings (SSSR count). The summed E-state index contributed by atoms with van der Waals surface area (Å²) in [6.07, 6.45) is 6.51. The number of tetrazole rings is 1. The summed E-state index contributed by atoms with van der Waals surface area (Å²) >= 11 is 0. The van der Waals surface area contributed by atoms with Crippen LogP contribution in [0.5, 0.6) is 0 Å². The van der Waals surface area contributed by atoms with Crippen molar-refractivity contribution >= 4 is 0 Å². The maximum Gasteiger partial charge on any atom is 0.168 e. The average Bonchev–Trinajstić information content (AvgIpc) is 3.11. The predicted molar refractivity (Wildman–Crippen MR) is 74.6 cm³/mol. The third-order valence-electron chi connectivity index (χ3n) is 5.09. The lowest BCUT2D eigenvalue weighted by Gasteiger charge is -2.38. The van der Waals surface area contributed by atoms with Crippen LogP contribution in [0.2, 0.25) is 0 Å². The van der Waals surface area contributed by atoms with Crippen LogP contribution in [0.1, 0.15) is 56.4 Å². The number of aliphatic hydroxyl groups excluding tert-OH is 1. The van der Waals surface area contributed by atoms with Gasteiger partial charge in [-0.3, -0.25) is 4.90 Å². The van der Waals surface area contributed by atoms with Gasteiger partial charge in [0.25, 0.3) is 0 Å². The van der Waals surface area contributed by atoms with Crippen LogP contribution in [-0.2, 0) is 4.74 Å². The van der Waals surface area contributed by atoms with E-state index in [0.29, 0.717) is 12.1 Å². The lowest BCUT2D eigenvalue weighted by molar-refractivity contribution is 0.000679. The molecule has 0 spiro atoms. The van der Waals surface area contributed by atoms with E-state index in [0.717, 1.165) is 44.7 Å². The quantitative estimate of drug-likeness (QED) is 0.880. The first kappa shape index (κ1) is 13.6. The molecule has 2 aliphatic heterocycles. The molecule has 21 heavy (non-hydrogen) atoms. The van der Waals surface area contributed by atoms with Gasteiger partial charge in [0, 0.05) is 25.3 Å². The van der Waals surface area contributed by atoms with E-state index in [1.54, 1.807) is 0 Å². The molecule has 0 aromatic carbocycles. The number of nitrogens with zero attached hydrogens (tertiary/aromatic N) is 5. The number of rotatable bonds is 4. The Morgan fingerprint density at radius 3 is 2.57 bits per heavy atom. The van der Waals surface area contributed by atoms with E-state index < -0.39 is 0 Å². The topological polar surface area (TPSA) is 76.3 Å². The maximum absolute atomic E-state index is 9.74. The number of aliphatic hydroxyl groups is 1. The molecule has 1 aromatic rings. The van der Waals surface area contributed by atoms with Gasteiger partial charge in [0.1, 0.15) is 0 Å². The summed E-state index contributed by atoms with van der Waals surface area (Å²) in [5.74, 6) is 1.000. The molecule has 1 aromatic heterocycles. The summed E-state index contributed by atoms with van der Waals surface area (Å²) in [4.78, 5) is 2.48. The van der Waals surface area contributed by atoms with Crippen molar-refractivity contribution in [1.82, 2.24) is 25.1 Å². The Bertz CT molecular complexity index is 483. The summed E-state index contributed by atoms with van der Waals surface area (Å²) in [6, 6.07) is 1.47. The van der Waals surface area contributed by atoms with E-state index in [9.17, 15) is 5.11 Å². The van der Waals surface area contributed by atoms with Gasteiger partial charge in [0.05, 0.1) is 18.7 Å². The molecule has 1 saturated carbocycles. The third-order valence-corrected chi connectivity index (χ3v) is 5.09. The normalized spacial score (nSPS) is 31.9. The molecule has 1 aliphatic carbocycles. The molecular formula is C14H23N5O2. The van der Waals surface area contributed by atoms with Crippen molar-refractivity contribution < 1.29 is 9.84 Å². The second-order valence-electron chi connectivity index (χ2n) is 6.43. The monoisotopic (exact) mass is 293 g/mol. The molecule has 0 amide bonds. The minimum Gasteiger partial charge on any atom is -0.395 e. The van der Waals surface area contributed by atoms with E-state index in [4.69, 9.17) is 4.74 Å². The molecule has 116 valence electrons. The SMILES string of the molecule is OC[C@@H]1CC[C@@H](c2nnnn2C2CC2)N1C1CCOCC1. The molecule has 3 fully saturated rings. The molecular weight excluding hydrogens is 270 g/mol. The highest BCUT2D eigenvalue weighted by Gasteiger charge is 2.42. The highest BCUT2D eigenvalue weighted by atomic mass is 16.5. The van der Waals surface area contributed by atoms with Gasteiger partial charge in [-0.2, -0.15) is 0 Å². The summed E-state index contributed by atoms with van der Waals surface area (Å²) < 4.78 is 7.52. The number of aromatic nitrogens is 4. The zero-order chi connectivity index (χ0) is 14.2. The van der Waals surface area contributed by atoms with Crippen LogP contribution < -0.4 is 0 Å². The Kier molecular flexibility index (Phi) is 3.64. The van der Waals surface area contributed by atoms with E-state index in [1.165, 1.54) is 12.8 Å². The number of likely N-dealkylation sites (tertiary alicyclic amines) is 1. The first-order valence-electron chi connectivity index (χ1n) is 8.12. The van der Waals surface area contributed by atoms with Gasteiger partial charge in [-0.05, 0) is 49.0 Å². The number of hydrogen-bond donors (Lipinski definition) is 1. The van der Waals surface area contributed by atoms with Crippen LogP contribution in [0.15, 0.2) is 0 Å². The van der Waals surface area contributed by atoms with E-state index in [1.807, 2.05) is 4.68 Å². The summed E-state index contributed by atoms with van der Waals surface area (Å²) in [5.41, 5.74) is 0. The van der Waals surface area contributed by atoms with Crippen molar-refractivity contribution in [2.24, 2.45) is 0 Å². The smallest absolute Gasteiger partial charge is 0.168 e. The lowest BCUT2D eigenvalue weighted by atomic mass is 10.0. The van der Waals surface area contributed by atoms with Crippen molar-refractivity contribution in [3.8, 4) is 0 Å². The van der Waals surface area contributed by atoms with Crippen molar-refractivity contribution in [1.29, 1.82) is 0 Å². The average molecular weight is 293 g/mol. The van der Waals surface area contributed by atoms with Crippen LogP contribution in [0, 0.1) is 0 Å². The molecule has 7 heteroatoms. The summed E-state index contributed by atoms with van der Waals surface area (Å²) in [7, 11) is 0. The summed E-state index contributed by atoms with van der Waals surface area (Å²) in [6.45, 7) is 1.86. The fraction of sp³-hybridized carbons (Fsp3) is 0.929. The minimum atomic E-state index is 0.221. The molecule has 0 bridgehead atoms. The van der Waals surface area contributed by atoms with Gasteiger partial charge in [-0.15, -0.1) is 5.10 Å². The molecule has 1 N–H and O–H groups in total. The van der Waals surface area contributed by atoms with Gasteiger partial charge in [-0.1, -0.05) is 0 Å². The van der Waals surface area contributed by atoms with Gasteiger partial charge in [-0.25, -0.2) is 4.68 Å². The van der Waals surface area contributed by atoms with Crippen molar-refractivity contribution in [3.63, 3.8) is 0 Å². The molecule has 0 radical (unpaired) electrons. The van der Waals surface area contributed by atoms with Gasteiger partial charge in [0.15, 0.2) is 5.82 Å². The van der Waals surface area contributed by atoms with Crippen molar-refractivity contribution in [2.45, 2.75) is 62.7 Å². The van der Waals surface area contributed by atoms with Gasteiger partial charge in [0.2, 0.25) is 0 Å². The zero-order valence-electron chi connectivity index (χ0n) is 12.3. The van der Waals surface area contributed by atoms with E-state index >= 15 is 0 Å². The van der Waals surface area contributed by atoms with Crippen molar-refractivity contribution in [3.05, 3.63) is 5.82 Å². The Morgan fingerprint density at radius 2 is 1.86 bits per heavy atom. The molecule has 3 aliphatic rings. The maximum atomic E-state index is 9.74. The van der Waals surface area contributed by atoms with Crippen LogP contribution in [0.4, 0.5) is 0 Å². The first-order chi connectivity index (χ1) is 10.4. The Morgan fingerprint density at radius 1 is 1.05 bits per heavy atom. The van der Waals surface area contributed by atoms with Gasteiger partial charge >= 0.3 is 0 Å². The predicted octanol–water partition coefficient (Wildman–Crippen LogP) is 0.685. The Labute approximate surface area is 124 Å². The van der Waals surface area contributed by atoms with Gasteiger partial charge < -0.3 is 9.84 Å². The van der Waals surface area contributed by atoms with E-state index in [-0.39, 0.29) is 18.7 Å². The number of hydrogen-bond acceptors (Lipinski definition) is 6. The fourth-order valence-corrected chi connectivity index (χ4v) is 3.89. The lowest BCUT2D eigenvalue weighted by Crippen LogP contribution is -2.45. The fourth-order valence-electron chi connectivity index (χ4n) is 3.89. The van der Waals surface area contributed by atoms with E-state index in [2.05, 4.69) is 20.4 Å². The standard InChI is InChI=1S/C14H23N5O2/c20-9-12-3-4-13(18(12)10-5-7-21-8-6-10)14-15-16-17-19(14)11-1-2-11/h10-13,20H,1-9H2/t12-,13-/m0/s1. The Balaban J connectivity index is 1.61. The highest BCUT2D eigenvalue weighted by Crippen LogP contribution is 2.42. The summed E-state index contributed by atoms with van der Waals surface area (Å²) in [5, 5.41) is 22.2. The second kappa shape index (κ2) is 5.62. The van der Waals surface area contributed by atoms with Crippen LogP contribution in [0.25, 0.3) is 0 Å². The Hall–Kier alpha value is -1.05. The van der Waals surface area contributed by atoms with Crippen LogP contribution in [0.3, 0.4) is 0 Å². The molecule has 2 atom stereocenters. The third kappa shape index (κ3) is 2.47. The molecule has 2 saturated heterocycles. The van der Waals surface area contributed by atoms with Crippen LogP contribution in [-0.4, -0.2) is 62.1 Å². The minimum absolute atomic E-state index is 0.221. The zero-order valence-corrected chi connectivity index (χ0v) is 12.3. The number of ether oxygens (including phenoxy) is 1. The first-order valence-corrected chi connectivity index (χ1v) is 8.12. The largest absolute Gasteiger partial charge is 0.395 e. The molecule has 3 heterocycles. The highest BCUT2D eigenvalue weighted by molar-refractivity contribution is 5.04. The molecule has 7 nitrogen and oxygen atoms in total. The van der Waals surface area contributed by atoms with Crippen molar-refractivity contribution in [2.75, 3.05) is 19.8 Å². The van der Waals surface area contributed by atoms with Crippen LogP contribution >= 0.6 is 0 Å².